The molecule has 0 aliphatic rings. The first-order chi connectivity index (χ1) is 12.7. The number of nitrogens with one attached hydrogen (secondary N) is 2. The molecule has 0 atom stereocenters. The SMILES string of the molecule is COc1ccc(-c2cnc(Cc3ccc(C=CC(=O)NO)cc3)[nH]2)cc1. The first kappa shape index (κ1) is 17.4. The van der Waals surface area contributed by atoms with Gasteiger partial charge in [0.2, 0.25) is 0 Å². The minimum atomic E-state index is -0.560. The van der Waals surface area contributed by atoms with Crippen molar-refractivity contribution in [2.24, 2.45) is 0 Å². The predicted molar refractivity (Wildman–Crippen MR) is 98.8 cm³/mol. The van der Waals surface area contributed by atoms with Crippen molar-refractivity contribution in [1.82, 2.24) is 15.4 Å². The molecule has 0 spiro atoms. The number of hydrogen-bond donors (Lipinski definition) is 3. The van der Waals surface area contributed by atoms with E-state index in [9.17, 15) is 4.79 Å². The lowest BCUT2D eigenvalue weighted by molar-refractivity contribution is -0.124. The molecule has 1 heterocycles. The molecule has 0 bridgehead atoms. The molecule has 3 rings (SSSR count). The highest BCUT2D eigenvalue weighted by Crippen LogP contribution is 2.21. The van der Waals surface area contributed by atoms with Crippen LogP contribution in [0.25, 0.3) is 17.3 Å². The van der Waals surface area contributed by atoms with E-state index in [4.69, 9.17) is 9.94 Å². The van der Waals surface area contributed by atoms with Crippen molar-refractivity contribution in [3.8, 4) is 17.0 Å². The highest BCUT2D eigenvalue weighted by atomic mass is 16.5. The van der Waals surface area contributed by atoms with Gasteiger partial charge in [-0.25, -0.2) is 10.5 Å². The van der Waals surface area contributed by atoms with Crippen LogP contribution >= 0.6 is 0 Å². The smallest absolute Gasteiger partial charge is 0.267 e. The fraction of sp³-hybridized carbons (Fsp3) is 0.100. The number of ether oxygens (including phenoxy) is 1. The van der Waals surface area contributed by atoms with Gasteiger partial charge in [0.1, 0.15) is 11.6 Å². The number of carbonyl (C=O) groups excluding carboxylic acids is 1. The van der Waals surface area contributed by atoms with Crippen LogP contribution in [-0.2, 0) is 11.2 Å². The molecule has 1 aromatic heterocycles. The van der Waals surface area contributed by atoms with E-state index in [2.05, 4.69) is 9.97 Å². The van der Waals surface area contributed by atoms with E-state index in [0.717, 1.165) is 34.0 Å². The van der Waals surface area contributed by atoms with Crippen molar-refractivity contribution < 1.29 is 14.7 Å². The van der Waals surface area contributed by atoms with Crippen molar-refractivity contribution in [1.29, 1.82) is 0 Å². The Morgan fingerprint density at radius 2 is 1.92 bits per heavy atom. The number of amides is 1. The number of H-pyrrole nitrogens is 1. The van der Waals surface area contributed by atoms with Crippen molar-refractivity contribution in [2.45, 2.75) is 6.42 Å². The number of nitrogens with zero attached hydrogens (tertiary/aromatic N) is 1. The van der Waals surface area contributed by atoms with Gasteiger partial charge in [0.25, 0.3) is 5.91 Å². The van der Waals surface area contributed by atoms with Gasteiger partial charge in [-0.05, 0) is 47.0 Å². The quantitative estimate of drug-likeness (QED) is 0.362. The zero-order valence-corrected chi connectivity index (χ0v) is 14.3. The Kier molecular flexibility index (Phi) is 5.46. The lowest BCUT2D eigenvalue weighted by Gasteiger charge is -2.02. The molecule has 0 aliphatic carbocycles. The largest absolute Gasteiger partial charge is 0.497 e. The average molecular weight is 349 g/mol. The van der Waals surface area contributed by atoms with Crippen LogP contribution in [-0.4, -0.2) is 28.2 Å². The Labute approximate surface area is 151 Å². The molecule has 0 aliphatic heterocycles. The van der Waals surface area contributed by atoms with Gasteiger partial charge in [-0.3, -0.25) is 10.0 Å². The molecule has 2 aromatic carbocycles. The second-order valence-corrected chi connectivity index (χ2v) is 5.70. The number of hydrogen-bond acceptors (Lipinski definition) is 4. The van der Waals surface area contributed by atoms with Crippen molar-refractivity contribution >= 4 is 12.0 Å². The molecule has 132 valence electrons. The third-order valence-corrected chi connectivity index (χ3v) is 3.92. The molecule has 0 radical (unpaired) electrons. The molecule has 26 heavy (non-hydrogen) atoms. The van der Waals surface area contributed by atoms with Crippen LogP contribution in [0.4, 0.5) is 0 Å². The standard InChI is InChI=1S/C20H19N3O3/c1-26-17-9-7-16(8-10-17)18-13-21-19(22-18)12-15-4-2-14(3-5-15)6-11-20(24)23-25/h2-11,13,25H,12H2,1H3,(H,21,22)(H,23,24). The van der Waals surface area contributed by atoms with Crippen LogP contribution in [0.2, 0.25) is 0 Å². The summed E-state index contributed by atoms with van der Waals surface area (Å²) in [6.07, 6.45) is 5.39. The van der Waals surface area contributed by atoms with E-state index in [-0.39, 0.29) is 0 Å². The summed E-state index contributed by atoms with van der Waals surface area (Å²) in [5.41, 5.74) is 5.53. The van der Waals surface area contributed by atoms with E-state index in [1.165, 1.54) is 6.08 Å². The Morgan fingerprint density at radius 3 is 2.58 bits per heavy atom. The molecular formula is C20H19N3O3. The third-order valence-electron chi connectivity index (χ3n) is 3.92. The van der Waals surface area contributed by atoms with E-state index < -0.39 is 5.91 Å². The molecule has 3 N–H and O–H groups in total. The van der Waals surface area contributed by atoms with E-state index >= 15 is 0 Å². The lowest BCUT2D eigenvalue weighted by atomic mass is 10.1. The summed E-state index contributed by atoms with van der Waals surface area (Å²) in [5, 5.41) is 8.46. The van der Waals surface area contributed by atoms with Crippen LogP contribution in [0.3, 0.4) is 0 Å². The zero-order valence-electron chi connectivity index (χ0n) is 14.3. The second-order valence-electron chi connectivity index (χ2n) is 5.70. The van der Waals surface area contributed by atoms with Crippen LogP contribution in [0, 0.1) is 0 Å². The van der Waals surface area contributed by atoms with Crippen LogP contribution in [0.1, 0.15) is 17.0 Å². The monoisotopic (exact) mass is 349 g/mol. The second kappa shape index (κ2) is 8.13. The molecule has 3 aromatic rings. The molecule has 6 heteroatoms. The third kappa shape index (κ3) is 4.37. The first-order valence-electron chi connectivity index (χ1n) is 8.07. The topological polar surface area (TPSA) is 87.2 Å². The Hall–Kier alpha value is -3.38. The Morgan fingerprint density at radius 1 is 1.19 bits per heavy atom. The van der Waals surface area contributed by atoms with Gasteiger partial charge >= 0.3 is 0 Å². The number of benzene rings is 2. The molecule has 6 nitrogen and oxygen atoms in total. The van der Waals surface area contributed by atoms with Gasteiger partial charge in [0.15, 0.2) is 0 Å². The van der Waals surface area contributed by atoms with Crippen LogP contribution in [0.15, 0.2) is 60.8 Å². The summed E-state index contributed by atoms with van der Waals surface area (Å²) in [6.45, 7) is 0. The normalized spacial score (nSPS) is 10.8. The molecule has 0 saturated heterocycles. The molecule has 0 saturated carbocycles. The van der Waals surface area contributed by atoms with Gasteiger partial charge in [-0.2, -0.15) is 0 Å². The van der Waals surface area contributed by atoms with Crippen molar-refractivity contribution in [2.75, 3.05) is 7.11 Å². The molecule has 0 fully saturated rings. The molecule has 1 amide bonds. The van der Waals surface area contributed by atoms with E-state index in [1.807, 2.05) is 54.7 Å². The maximum absolute atomic E-state index is 11.0. The molecular weight excluding hydrogens is 330 g/mol. The number of hydroxylamine groups is 1. The van der Waals surface area contributed by atoms with Crippen LogP contribution < -0.4 is 10.2 Å². The number of rotatable bonds is 6. The highest BCUT2D eigenvalue weighted by molar-refractivity contribution is 5.90. The molecule has 0 unspecified atom stereocenters. The predicted octanol–water partition coefficient (Wildman–Crippen LogP) is 3.19. The summed E-state index contributed by atoms with van der Waals surface area (Å²) >= 11 is 0. The van der Waals surface area contributed by atoms with Gasteiger partial charge < -0.3 is 9.72 Å². The highest BCUT2D eigenvalue weighted by Gasteiger charge is 2.05. The van der Waals surface area contributed by atoms with Crippen LogP contribution in [0.5, 0.6) is 5.75 Å². The van der Waals surface area contributed by atoms with Gasteiger partial charge in [0, 0.05) is 12.5 Å². The van der Waals surface area contributed by atoms with Crippen molar-refractivity contribution in [3.05, 3.63) is 77.8 Å². The van der Waals surface area contributed by atoms with Gasteiger partial charge in [-0.15, -0.1) is 0 Å². The number of imidazole rings is 1. The van der Waals surface area contributed by atoms with E-state index in [1.54, 1.807) is 18.7 Å². The average Bonchev–Trinajstić information content (AvgIpc) is 3.15. The zero-order chi connectivity index (χ0) is 18.4. The summed E-state index contributed by atoms with van der Waals surface area (Å²) in [6, 6.07) is 15.6. The summed E-state index contributed by atoms with van der Waals surface area (Å²) in [7, 11) is 1.64. The summed E-state index contributed by atoms with van der Waals surface area (Å²) < 4.78 is 5.17. The fourth-order valence-corrected chi connectivity index (χ4v) is 2.52. The Balaban J connectivity index is 1.67. The number of aromatic nitrogens is 2. The maximum atomic E-state index is 11.0. The minimum absolute atomic E-state index is 0.560. The minimum Gasteiger partial charge on any atom is -0.497 e. The van der Waals surface area contributed by atoms with Gasteiger partial charge in [-0.1, -0.05) is 24.3 Å². The number of aromatic amines is 1. The number of carbonyl (C=O) groups is 1. The lowest BCUT2D eigenvalue weighted by Crippen LogP contribution is -2.14. The number of methoxy groups -OCH3 is 1. The van der Waals surface area contributed by atoms with Crippen molar-refractivity contribution in [3.63, 3.8) is 0 Å². The van der Waals surface area contributed by atoms with E-state index in [0.29, 0.717) is 6.42 Å². The maximum Gasteiger partial charge on any atom is 0.267 e. The first-order valence-corrected chi connectivity index (χ1v) is 8.07. The fourth-order valence-electron chi connectivity index (χ4n) is 2.52. The summed E-state index contributed by atoms with van der Waals surface area (Å²) in [4.78, 5) is 18.8. The summed E-state index contributed by atoms with van der Waals surface area (Å²) in [5.74, 6) is 1.13. The Bertz CT molecular complexity index is 897. The van der Waals surface area contributed by atoms with Gasteiger partial charge in [0.05, 0.1) is 19.0 Å².